The number of carboxylic acid groups (broad SMARTS) is 1. The molecule has 0 saturated heterocycles. The molecule has 0 aliphatic carbocycles. The number of hydrogen-bond acceptors (Lipinski definition) is 6. The van der Waals surface area contributed by atoms with E-state index in [4.69, 9.17) is 11.5 Å². The van der Waals surface area contributed by atoms with E-state index in [9.17, 15) is 19.5 Å². The standard InChI is InChI=1S/C20H31N3O4S/c1-2-3-11-18(24)23(19(25)15(22)9-6-7-12-21)16(20(26)27)13-14-8-4-5-10-17(14)28/h4-5,8,10,15-16,28H,2-3,6-7,9,11-13,21-22H2,1H3,(H,26,27). The summed E-state index contributed by atoms with van der Waals surface area (Å²) < 4.78 is 0. The number of imide groups is 1. The summed E-state index contributed by atoms with van der Waals surface area (Å²) in [5.41, 5.74) is 12.1. The van der Waals surface area contributed by atoms with Crippen molar-refractivity contribution in [2.45, 2.75) is 68.8 Å². The highest BCUT2D eigenvalue weighted by molar-refractivity contribution is 7.80. The Balaban J connectivity index is 3.13. The molecule has 1 aromatic carbocycles. The van der Waals surface area contributed by atoms with Crippen LogP contribution in [0, 0.1) is 0 Å². The van der Waals surface area contributed by atoms with Gasteiger partial charge in [0.05, 0.1) is 6.04 Å². The molecule has 0 saturated carbocycles. The van der Waals surface area contributed by atoms with Crippen molar-refractivity contribution < 1.29 is 19.5 Å². The van der Waals surface area contributed by atoms with E-state index < -0.39 is 29.9 Å². The van der Waals surface area contributed by atoms with Gasteiger partial charge >= 0.3 is 5.97 Å². The first-order valence-corrected chi connectivity index (χ1v) is 10.1. The van der Waals surface area contributed by atoms with E-state index in [0.717, 1.165) is 11.3 Å². The van der Waals surface area contributed by atoms with Gasteiger partial charge < -0.3 is 16.6 Å². The predicted molar refractivity (Wildman–Crippen MR) is 111 cm³/mol. The summed E-state index contributed by atoms with van der Waals surface area (Å²) in [6.07, 6.45) is 3.10. The van der Waals surface area contributed by atoms with E-state index in [1.807, 2.05) is 6.92 Å². The van der Waals surface area contributed by atoms with Gasteiger partial charge in [0.2, 0.25) is 11.8 Å². The lowest BCUT2D eigenvalue weighted by Gasteiger charge is -2.30. The number of carbonyl (C=O) groups is 3. The lowest BCUT2D eigenvalue weighted by Crippen LogP contribution is -2.55. The molecule has 0 aromatic heterocycles. The van der Waals surface area contributed by atoms with E-state index in [2.05, 4.69) is 12.6 Å². The van der Waals surface area contributed by atoms with Gasteiger partial charge in [-0.1, -0.05) is 38.0 Å². The first-order valence-electron chi connectivity index (χ1n) is 9.64. The number of nitrogens with two attached hydrogens (primary N) is 2. The number of carboxylic acids is 1. The van der Waals surface area contributed by atoms with Crippen LogP contribution in [0.1, 0.15) is 51.0 Å². The maximum absolute atomic E-state index is 12.9. The van der Waals surface area contributed by atoms with Gasteiger partial charge in [-0.25, -0.2) is 4.79 Å². The topological polar surface area (TPSA) is 127 Å². The fourth-order valence-corrected chi connectivity index (χ4v) is 3.14. The van der Waals surface area contributed by atoms with Crippen LogP contribution in [-0.4, -0.2) is 46.4 Å². The summed E-state index contributed by atoms with van der Waals surface area (Å²) in [4.78, 5) is 39.1. The summed E-state index contributed by atoms with van der Waals surface area (Å²) in [6.45, 7) is 2.40. The predicted octanol–water partition coefficient (Wildman–Crippen LogP) is 1.97. The van der Waals surface area contributed by atoms with Gasteiger partial charge in [0.25, 0.3) is 0 Å². The number of hydrogen-bond donors (Lipinski definition) is 4. The molecule has 0 fully saturated rings. The number of aliphatic carboxylic acids is 1. The van der Waals surface area contributed by atoms with Gasteiger partial charge in [0.15, 0.2) is 0 Å². The van der Waals surface area contributed by atoms with Crippen LogP contribution in [0.5, 0.6) is 0 Å². The molecule has 0 aliphatic heterocycles. The molecule has 0 aliphatic rings. The van der Waals surface area contributed by atoms with E-state index in [1.54, 1.807) is 24.3 Å². The van der Waals surface area contributed by atoms with Crippen molar-refractivity contribution >= 4 is 30.4 Å². The van der Waals surface area contributed by atoms with Crippen molar-refractivity contribution in [1.29, 1.82) is 0 Å². The van der Waals surface area contributed by atoms with Gasteiger partial charge in [0.1, 0.15) is 6.04 Å². The summed E-state index contributed by atoms with van der Waals surface area (Å²) >= 11 is 4.35. The number of carbonyl (C=O) groups excluding carboxylic acids is 2. The van der Waals surface area contributed by atoms with Crippen LogP contribution in [0.4, 0.5) is 0 Å². The van der Waals surface area contributed by atoms with Crippen LogP contribution in [0.2, 0.25) is 0 Å². The molecule has 2 amide bonds. The third-order valence-electron chi connectivity index (χ3n) is 4.54. The number of thiol groups is 1. The minimum atomic E-state index is -1.33. The first-order chi connectivity index (χ1) is 13.3. The maximum atomic E-state index is 12.9. The SMILES string of the molecule is CCCCC(=O)N(C(=O)C(N)CCCCN)C(Cc1ccccc1S)C(=O)O. The van der Waals surface area contributed by atoms with Gasteiger partial charge in [-0.2, -0.15) is 0 Å². The normalized spacial score (nSPS) is 13.0. The lowest BCUT2D eigenvalue weighted by atomic mass is 10.0. The van der Waals surface area contributed by atoms with E-state index >= 15 is 0 Å². The van der Waals surface area contributed by atoms with Crippen molar-refractivity contribution in [3.63, 3.8) is 0 Å². The number of benzene rings is 1. The average Bonchev–Trinajstić information content (AvgIpc) is 2.67. The Hall–Kier alpha value is -1.90. The molecule has 1 aromatic rings. The van der Waals surface area contributed by atoms with E-state index in [0.29, 0.717) is 42.7 Å². The molecule has 2 atom stereocenters. The zero-order valence-corrected chi connectivity index (χ0v) is 17.2. The van der Waals surface area contributed by atoms with E-state index in [-0.39, 0.29) is 12.8 Å². The molecule has 0 heterocycles. The van der Waals surface area contributed by atoms with Crippen molar-refractivity contribution in [3.05, 3.63) is 29.8 Å². The Morgan fingerprint density at radius 1 is 1.18 bits per heavy atom. The Labute approximate surface area is 171 Å². The van der Waals surface area contributed by atoms with Gasteiger partial charge in [-0.15, -0.1) is 12.6 Å². The number of nitrogens with zero attached hydrogens (tertiary/aromatic N) is 1. The van der Waals surface area contributed by atoms with E-state index in [1.165, 1.54) is 0 Å². The number of amides is 2. The molecule has 28 heavy (non-hydrogen) atoms. The average molecular weight is 410 g/mol. The second-order valence-electron chi connectivity index (χ2n) is 6.78. The smallest absolute Gasteiger partial charge is 0.327 e. The zero-order valence-electron chi connectivity index (χ0n) is 16.3. The monoisotopic (exact) mass is 409 g/mol. The zero-order chi connectivity index (χ0) is 21.1. The second-order valence-corrected chi connectivity index (χ2v) is 7.27. The number of unbranched alkanes of at least 4 members (excludes halogenated alkanes) is 2. The van der Waals surface area contributed by atoms with Gasteiger partial charge in [0, 0.05) is 17.7 Å². The van der Waals surface area contributed by atoms with Crippen LogP contribution >= 0.6 is 12.6 Å². The van der Waals surface area contributed by atoms with Crippen molar-refractivity contribution in [2.75, 3.05) is 6.54 Å². The minimum absolute atomic E-state index is 0.0197. The van der Waals surface area contributed by atoms with Crippen molar-refractivity contribution in [2.24, 2.45) is 11.5 Å². The highest BCUT2D eigenvalue weighted by Gasteiger charge is 2.36. The molecule has 0 bridgehead atoms. The Kier molecular flexibility index (Phi) is 10.8. The second kappa shape index (κ2) is 12.5. The molecular formula is C20H31N3O4S. The van der Waals surface area contributed by atoms with Gasteiger partial charge in [-0.3, -0.25) is 14.5 Å². The third kappa shape index (κ3) is 7.26. The van der Waals surface area contributed by atoms with Gasteiger partial charge in [-0.05, 0) is 37.4 Å². The lowest BCUT2D eigenvalue weighted by molar-refractivity contribution is -0.158. The van der Waals surface area contributed by atoms with Crippen LogP contribution in [-0.2, 0) is 20.8 Å². The number of rotatable bonds is 12. The Morgan fingerprint density at radius 2 is 1.86 bits per heavy atom. The largest absolute Gasteiger partial charge is 0.480 e. The quantitative estimate of drug-likeness (QED) is 0.309. The highest BCUT2D eigenvalue weighted by Crippen LogP contribution is 2.20. The molecule has 1 rings (SSSR count). The van der Waals surface area contributed by atoms with Crippen molar-refractivity contribution in [3.8, 4) is 0 Å². The first kappa shape index (κ1) is 24.1. The van der Waals surface area contributed by atoms with Crippen LogP contribution in [0.3, 0.4) is 0 Å². The molecule has 5 N–H and O–H groups in total. The van der Waals surface area contributed by atoms with Crippen LogP contribution < -0.4 is 11.5 Å². The molecule has 2 unspecified atom stereocenters. The van der Waals surface area contributed by atoms with Crippen LogP contribution in [0.25, 0.3) is 0 Å². The van der Waals surface area contributed by atoms with Crippen molar-refractivity contribution in [1.82, 2.24) is 4.90 Å². The summed E-state index contributed by atoms with van der Waals surface area (Å²) in [5, 5.41) is 9.79. The Morgan fingerprint density at radius 3 is 2.43 bits per heavy atom. The maximum Gasteiger partial charge on any atom is 0.327 e. The summed E-state index contributed by atoms with van der Waals surface area (Å²) in [7, 11) is 0. The minimum Gasteiger partial charge on any atom is -0.480 e. The Bertz CT molecular complexity index is 669. The molecular weight excluding hydrogens is 378 g/mol. The molecule has 8 heteroatoms. The molecule has 0 radical (unpaired) electrons. The molecule has 156 valence electrons. The summed E-state index contributed by atoms with van der Waals surface area (Å²) in [5.74, 6) is -2.41. The molecule has 7 nitrogen and oxygen atoms in total. The fraction of sp³-hybridized carbons (Fsp3) is 0.550. The fourth-order valence-electron chi connectivity index (χ4n) is 2.89. The molecule has 0 spiro atoms. The third-order valence-corrected chi connectivity index (χ3v) is 4.97. The summed E-state index contributed by atoms with van der Waals surface area (Å²) in [6, 6.07) is 4.75. The van der Waals surface area contributed by atoms with Crippen LogP contribution in [0.15, 0.2) is 29.2 Å². The highest BCUT2D eigenvalue weighted by atomic mass is 32.1.